The number of nitrogens with one attached hydrogen (secondary N) is 1. The first-order chi connectivity index (χ1) is 8.27. The number of rotatable bonds is 2. The second-order valence-electron chi connectivity index (χ2n) is 4.93. The zero-order valence-electron chi connectivity index (χ0n) is 10.3. The first-order valence-electron chi connectivity index (χ1n) is 6.33. The fourth-order valence-electron chi connectivity index (χ4n) is 2.61. The second kappa shape index (κ2) is 4.11. The summed E-state index contributed by atoms with van der Waals surface area (Å²) in [5, 5.41) is 3.52. The van der Waals surface area contributed by atoms with Crippen LogP contribution in [0.5, 0.6) is 0 Å². The molecule has 90 valence electrons. The van der Waals surface area contributed by atoms with Gasteiger partial charge < -0.3 is 9.88 Å². The Bertz CT molecular complexity index is 523. The van der Waals surface area contributed by atoms with Crippen LogP contribution in [0.3, 0.4) is 0 Å². The summed E-state index contributed by atoms with van der Waals surface area (Å²) in [5.74, 6) is 1.14. The van der Waals surface area contributed by atoms with Crippen LogP contribution in [0.15, 0.2) is 18.3 Å². The Hall–Kier alpha value is -1.42. The molecule has 1 aliphatic heterocycles. The van der Waals surface area contributed by atoms with Crippen LogP contribution in [-0.2, 0) is 0 Å². The standard InChI is InChI=1S/C13H18N4/c1-9(2)17-12-11(6-4-8-15-12)16-13(17)10-5-3-7-14-10/h4,6,8-10,14H,3,5,7H2,1-2H3/t10-/m0/s1. The van der Waals surface area contributed by atoms with E-state index < -0.39 is 0 Å². The fraction of sp³-hybridized carbons (Fsp3) is 0.538. The van der Waals surface area contributed by atoms with E-state index in [1.54, 1.807) is 0 Å². The van der Waals surface area contributed by atoms with Crippen LogP contribution < -0.4 is 5.32 Å². The van der Waals surface area contributed by atoms with Gasteiger partial charge in [-0.25, -0.2) is 9.97 Å². The van der Waals surface area contributed by atoms with E-state index in [0.717, 1.165) is 23.5 Å². The summed E-state index contributed by atoms with van der Waals surface area (Å²) >= 11 is 0. The van der Waals surface area contributed by atoms with E-state index in [-0.39, 0.29) is 0 Å². The van der Waals surface area contributed by atoms with Gasteiger partial charge in [0.25, 0.3) is 0 Å². The topological polar surface area (TPSA) is 42.7 Å². The van der Waals surface area contributed by atoms with Crippen molar-refractivity contribution < 1.29 is 0 Å². The molecular formula is C13H18N4. The predicted molar refractivity (Wildman–Crippen MR) is 67.9 cm³/mol. The van der Waals surface area contributed by atoms with Gasteiger partial charge in [0.1, 0.15) is 11.3 Å². The zero-order valence-corrected chi connectivity index (χ0v) is 10.3. The van der Waals surface area contributed by atoms with Crippen LogP contribution in [0.2, 0.25) is 0 Å². The number of imidazole rings is 1. The van der Waals surface area contributed by atoms with Gasteiger partial charge in [-0.2, -0.15) is 0 Å². The van der Waals surface area contributed by atoms with E-state index in [4.69, 9.17) is 4.98 Å². The maximum atomic E-state index is 4.75. The highest BCUT2D eigenvalue weighted by atomic mass is 15.2. The lowest BCUT2D eigenvalue weighted by Gasteiger charge is -2.16. The minimum Gasteiger partial charge on any atom is -0.309 e. The highest BCUT2D eigenvalue weighted by Gasteiger charge is 2.24. The molecule has 2 aromatic rings. The number of fused-ring (bicyclic) bond motifs is 1. The van der Waals surface area contributed by atoms with Crippen molar-refractivity contribution in [3.05, 3.63) is 24.2 Å². The van der Waals surface area contributed by atoms with Crippen LogP contribution in [0.4, 0.5) is 0 Å². The Morgan fingerprint density at radius 3 is 3.06 bits per heavy atom. The number of hydrogen-bond acceptors (Lipinski definition) is 3. The molecule has 17 heavy (non-hydrogen) atoms. The molecule has 2 aromatic heterocycles. The van der Waals surface area contributed by atoms with E-state index in [1.807, 2.05) is 18.3 Å². The van der Waals surface area contributed by atoms with Crippen molar-refractivity contribution in [2.45, 2.75) is 38.8 Å². The minimum absolute atomic E-state index is 0.395. The predicted octanol–water partition coefficient (Wildman–Crippen LogP) is 2.44. The molecule has 1 N–H and O–H groups in total. The molecule has 0 aromatic carbocycles. The normalized spacial score (nSPS) is 20.5. The fourth-order valence-corrected chi connectivity index (χ4v) is 2.61. The smallest absolute Gasteiger partial charge is 0.160 e. The Morgan fingerprint density at radius 1 is 1.47 bits per heavy atom. The number of nitrogens with zero attached hydrogens (tertiary/aromatic N) is 3. The highest BCUT2D eigenvalue weighted by Crippen LogP contribution is 2.28. The summed E-state index contributed by atoms with van der Waals surface area (Å²) in [4.78, 5) is 9.22. The monoisotopic (exact) mass is 230 g/mol. The van der Waals surface area contributed by atoms with E-state index in [2.05, 4.69) is 28.7 Å². The molecule has 0 saturated carbocycles. The minimum atomic E-state index is 0.395. The van der Waals surface area contributed by atoms with E-state index in [0.29, 0.717) is 12.1 Å². The van der Waals surface area contributed by atoms with Crippen molar-refractivity contribution >= 4 is 11.2 Å². The lowest BCUT2D eigenvalue weighted by atomic mass is 10.2. The van der Waals surface area contributed by atoms with Gasteiger partial charge in [0.05, 0.1) is 6.04 Å². The lowest BCUT2D eigenvalue weighted by molar-refractivity contribution is 0.514. The number of aromatic nitrogens is 3. The highest BCUT2D eigenvalue weighted by molar-refractivity contribution is 5.71. The molecule has 1 aliphatic rings. The number of hydrogen-bond donors (Lipinski definition) is 1. The van der Waals surface area contributed by atoms with Gasteiger partial charge in [0.2, 0.25) is 0 Å². The van der Waals surface area contributed by atoms with Crippen LogP contribution >= 0.6 is 0 Å². The van der Waals surface area contributed by atoms with Crippen molar-refractivity contribution in [3.63, 3.8) is 0 Å². The average molecular weight is 230 g/mol. The largest absolute Gasteiger partial charge is 0.309 e. The van der Waals surface area contributed by atoms with Gasteiger partial charge >= 0.3 is 0 Å². The van der Waals surface area contributed by atoms with E-state index in [9.17, 15) is 0 Å². The van der Waals surface area contributed by atoms with E-state index in [1.165, 1.54) is 12.8 Å². The van der Waals surface area contributed by atoms with Crippen molar-refractivity contribution in [1.82, 2.24) is 19.9 Å². The second-order valence-corrected chi connectivity index (χ2v) is 4.93. The van der Waals surface area contributed by atoms with Crippen molar-refractivity contribution in [2.24, 2.45) is 0 Å². The molecule has 3 rings (SSSR count). The third-order valence-electron chi connectivity index (χ3n) is 3.36. The van der Waals surface area contributed by atoms with Gasteiger partial charge in [-0.3, -0.25) is 0 Å². The summed E-state index contributed by atoms with van der Waals surface area (Å²) in [5.41, 5.74) is 2.01. The molecule has 4 nitrogen and oxygen atoms in total. The Labute approximate surface area is 101 Å². The summed E-state index contributed by atoms with van der Waals surface area (Å²) in [6.07, 6.45) is 4.25. The summed E-state index contributed by atoms with van der Waals surface area (Å²) in [6, 6.07) is 4.78. The summed E-state index contributed by atoms with van der Waals surface area (Å²) < 4.78 is 2.26. The molecule has 0 amide bonds. The third kappa shape index (κ3) is 1.72. The zero-order chi connectivity index (χ0) is 11.8. The lowest BCUT2D eigenvalue weighted by Crippen LogP contribution is -2.19. The SMILES string of the molecule is CC(C)n1c([C@@H]2CCCN2)nc2cccnc21. The molecule has 1 fully saturated rings. The molecule has 1 saturated heterocycles. The molecule has 4 heteroatoms. The van der Waals surface area contributed by atoms with Gasteiger partial charge in [0, 0.05) is 12.2 Å². The Balaban J connectivity index is 2.18. The maximum Gasteiger partial charge on any atom is 0.160 e. The van der Waals surface area contributed by atoms with Crippen molar-refractivity contribution in [1.29, 1.82) is 0 Å². The van der Waals surface area contributed by atoms with E-state index >= 15 is 0 Å². The quantitative estimate of drug-likeness (QED) is 0.861. The number of pyridine rings is 1. The molecular weight excluding hydrogens is 212 g/mol. The summed E-state index contributed by atoms with van der Waals surface area (Å²) in [6.45, 7) is 5.47. The van der Waals surface area contributed by atoms with Crippen LogP contribution in [0.25, 0.3) is 11.2 Å². The third-order valence-corrected chi connectivity index (χ3v) is 3.36. The molecule has 0 unspecified atom stereocenters. The van der Waals surface area contributed by atoms with Crippen LogP contribution in [-0.4, -0.2) is 21.1 Å². The maximum absolute atomic E-state index is 4.75. The molecule has 0 aliphatic carbocycles. The molecule has 0 radical (unpaired) electrons. The van der Waals surface area contributed by atoms with Crippen molar-refractivity contribution in [2.75, 3.05) is 6.54 Å². The van der Waals surface area contributed by atoms with Gasteiger partial charge in [0.15, 0.2) is 5.65 Å². The average Bonchev–Trinajstić information content (AvgIpc) is 2.95. The molecule has 3 heterocycles. The van der Waals surface area contributed by atoms with Crippen LogP contribution in [0, 0.1) is 0 Å². The van der Waals surface area contributed by atoms with Gasteiger partial charge in [-0.1, -0.05) is 0 Å². The molecule has 0 bridgehead atoms. The first-order valence-corrected chi connectivity index (χ1v) is 6.33. The molecule has 0 spiro atoms. The van der Waals surface area contributed by atoms with Crippen LogP contribution in [0.1, 0.15) is 44.6 Å². The summed E-state index contributed by atoms with van der Waals surface area (Å²) in [7, 11) is 0. The van der Waals surface area contributed by atoms with Crippen molar-refractivity contribution in [3.8, 4) is 0 Å². The van der Waals surface area contributed by atoms with Gasteiger partial charge in [-0.05, 0) is 45.4 Å². The Morgan fingerprint density at radius 2 is 2.35 bits per heavy atom. The Kier molecular flexibility index (Phi) is 2.59. The van der Waals surface area contributed by atoms with Gasteiger partial charge in [-0.15, -0.1) is 0 Å². The first kappa shape index (κ1) is 10.7. The molecule has 1 atom stereocenters.